The van der Waals surface area contributed by atoms with E-state index in [9.17, 15) is 4.79 Å². The Morgan fingerprint density at radius 2 is 2.00 bits per heavy atom. The second-order valence-electron chi connectivity index (χ2n) is 6.85. The van der Waals surface area contributed by atoms with Crippen LogP contribution in [0.5, 0.6) is 0 Å². The summed E-state index contributed by atoms with van der Waals surface area (Å²) in [6.07, 6.45) is 3.88. The average Bonchev–Trinajstić information content (AvgIpc) is 3.47. The Balaban J connectivity index is 1.60. The molecule has 2 N–H and O–H groups in total. The highest BCUT2D eigenvalue weighted by Gasteiger charge is 2.40. The average molecular weight is 338 g/mol. The maximum Gasteiger partial charge on any atom is 0.257 e. The van der Waals surface area contributed by atoms with Gasteiger partial charge in [0.1, 0.15) is 6.10 Å². The molecule has 0 radical (unpaired) electrons. The molecule has 2 fully saturated rings. The molecule has 25 heavy (non-hydrogen) atoms. The van der Waals surface area contributed by atoms with Crippen LogP contribution in [0.4, 0.5) is 5.95 Å². The maximum atomic E-state index is 13.0. The Morgan fingerprint density at radius 1 is 1.24 bits per heavy atom. The predicted octanol–water partition coefficient (Wildman–Crippen LogP) is 2.36. The number of carbonyl (C=O) groups excluding carboxylic acids is 1. The van der Waals surface area contributed by atoms with E-state index in [1.807, 2.05) is 23.1 Å². The third-order valence-corrected chi connectivity index (χ3v) is 4.96. The van der Waals surface area contributed by atoms with E-state index in [-0.39, 0.29) is 24.1 Å². The lowest BCUT2D eigenvalue weighted by Crippen LogP contribution is -2.48. The van der Waals surface area contributed by atoms with Crippen LogP contribution in [0.15, 0.2) is 36.5 Å². The van der Waals surface area contributed by atoms with Crippen LogP contribution in [-0.4, -0.2) is 40.0 Å². The highest BCUT2D eigenvalue weighted by Crippen LogP contribution is 2.39. The number of carbonyl (C=O) groups is 1. The Morgan fingerprint density at radius 3 is 2.68 bits per heavy atom. The molecule has 130 valence electrons. The molecule has 1 saturated carbocycles. The molecule has 1 saturated heterocycles. The van der Waals surface area contributed by atoms with E-state index in [4.69, 9.17) is 10.5 Å². The predicted molar refractivity (Wildman–Crippen MR) is 93.9 cm³/mol. The zero-order valence-electron chi connectivity index (χ0n) is 14.3. The van der Waals surface area contributed by atoms with Gasteiger partial charge in [0.25, 0.3) is 5.91 Å². The van der Waals surface area contributed by atoms with E-state index in [0.29, 0.717) is 30.3 Å². The van der Waals surface area contributed by atoms with Crippen LogP contribution in [0, 0.1) is 12.8 Å². The van der Waals surface area contributed by atoms with Crippen molar-refractivity contribution in [1.82, 2.24) is 14.9 Å². The molecule has 6 heteroatoms. The summed E-state index contributed by atoms with van der Waals surface area (Å²) in [5, 5.41) is 0. The van der Waals surface area contributed by atoms with E-state index in [1.54, 1.807) is 6.92 Å². The SMILES string of the molecule is Cc1nc(N)ncc1C(=O)N1CC(c2ccccc2)OC(C2CC2)C1. The zero-order chi connectivity index (χ0) is 17.4. The summed E-state index contributed by atoms with van der Waals surface area (Å²) in [6.45, 7) is 2.95. The first kappa shape index (κ1) is 16.0. The lowest BCUT2D eigenvalue weighted by molar-refractivity contribution is -0.0864. The lowest BCUT2D eigenvalue weighted by Gasteiger charge is -2.38. The zero-order valence-corrected chi connectivity index (χ0v) is 14.3. The molecule has 1 amide bonds. The van der Waals surface area contributed by atoms with Gasteiger partial charge < -0.3 is 15.4 Å². The number of rotatable bonds is 3. The fraction of sp³-hybridized carbons (Fsp3) is 0.421. The summed E-state index contributed by atoms with van der Waals surface area (Å²) in [4.78, 5) is 23.0. The van der Waals surface area contributed by atoms with Crippen molar-refractivity contribution in [2.75, 3.05) is 18.8 Å². The van der Waals surface area contributed by atoms with Gasteiger partial charge in [0.15, 0.2) is 0 Å². The van der Waals surface area contributed by atoms with Gasteiger partial charge in [-0.05, 0) is 31.2 Å². The van der Waals surface area contributed by atoms with E-state index < -0.39 is 0 Å². The van der Waals surface area contributed by atoms with Gasteiger partial charge in [-0.2, -0.15) is 0 Å². The standard InChI is InChI=1S/C19H22N4O2/c1-12-15(9-21-19(20)22-12)18(24)23-10-16(13-5-3-2-4-6-13)25-17(11-23)14-7-8-14/h2-6,9,14,16-17H,7-8,10-11H2,1H3,(H2,20,21,22). The summed E-state index contributed by atoms with van der Waals surface area (Å²) in [7, 11) is 0. The minimum Gasteiger partial charge on any atom is -0.368 e. The van der Waals surface area contributed by atoms with Crippen molar-refractivity contribution >= 4 is 11.9 Å². The molecule has 2 unspecified atom stereocenters. The second kappa shape index (κ2) is 6.44. The number of nitrogens with two attached hydrogens (primary N) is 1. The van der Waals surface area contributed by atoms with Crippen molar-refractivity contribution in [2.24, 2.45) is 5.92 Å². The van der Waals surface area contributed by atoms with Gasteiger partial charge in [-0.25, -0.2) is 9.97 Å². The summed E-state index contributed by atoms with van der Waals surface area (Å²) in [5.74, 6) is 0.701. The summed E-state index contributed by atoms with van der Waals surface area (Å²) in [6, 6.07) is 10.1. The Kier molecular flexibility index (Phi) is 4.13. The summed E-state index contributed by atoms with van der Waals surface area (Å²) < 4.78 is 6.32. The molecular formula is C19H22N4O2. The Bertz CT molecular complexity index is 776. The molecule has 1 aliphatic heterocycles. The van der Waals surface area contributed by atoms with Crippen LogP contribution < -0.4 is 5.73 Å². The number of hydrogen-bond donors (Lipinski definition) is 1. The molecule has 1 aromatic heterocycles. The van der Waals surface area contributed by atoms with Crippen molar-refractivity contribution in [3.63, 3.8) is 0 Å². The highest BCUT2D eigenvalue weighted by molar-refractivity contribution is 5.95. The van der Waals surface area contributed by atoms with Crippen LogP contribution in [0.3, 0.4) is 0 Å². The Labute approximate surface area is 147 Å². The largest absolute Gasteiger partial charge is 0.368 e. The molecule has 2 heterocycles. The van der Waals surface area contributed by atoms with Gasteiger partial charge in [-0.3, -0.25) is 4.79 Å². The van der Waals surface area contributed by atoms with Crippen LogP contribution in [0.2, 0.25) is 0 Å². The molecule has 1 aromatic carbocycles. The fourth-order valence-corrected chi connectivity index (χ4v) is 3.40. The molecule has 0 spiro atoms. The van der Waals surface area contributed by atoms with Crippen molar-refractivity contribution in [2.45, 2.75) is 32.0 Å². The normalized spacial score (nSPS) is 23.5. The van der Waals surface area contributed by atoms with E-state index in [1.165, 1.54) is 19.0 Å². The third kappa shape index (κ3) is 3.35. The van der Waals surface area contributed by atoms with Gasteiger partial charge in [0.05, 0.1) is 23.9 Å². The maximum absolute atomic E-state index is 13.0. The quantitative estimate of drug-likeness (QED) is 0.929. The smallest absolute Gasteiger partial charge is 0.257 e. The molecule has 2 atom stereocenters. The Hall–Kier alpha value is -2.47. The molecule has 2 aliphatic rings. The topological polar surface area (TPSA) is 81.3 Å². The first-order chi connectivity index (χ1) is 12.1. The van der Waals surface area contributed by atoms with Crippen molar-refractivity contribution < 1.29 is 9.53 Å². The van der Waals surface area contributed by atoms with Crippen molar-refractivity contribution in [3.8, 4) is 0 Å². The van der Waals surface area contributed by atoms with E-state index >= 15 is 0 Å². The number of hydrogen-bond acceptors (Lipinski definition) is 5. The van der Waals surface area contributed by atoms with Gasteiger partial charge in [-0.15, -0.1) is 0 Å². The number of amides is 1. The number of ether oxygens (including phenoxy) is 1. The molecule has 6 nitrogen and oxygen atoms in total. The number of benzene rings is 1. The number of aryl methyl sites for hydroxylation is 1. The minimum atomic E-state index is -0.0977. The van der Waals surface area contributed by atoms with Gasteiger partial charge in [0, 0.05) is 12.7 Å². The first-order valence-electron chi connectivity index (χ1n) is 8.70. The van der Waals surface area contributed by atoms with Crippen LogP contribution >= 0.6 is 0 Å². The van der Waals surface area contributed by atoms with Gasteiger partial charge in [-0.1, -0.05) is 30.3 Å². The number of nitrogens with zero attached hydrogens (tertiary/aromatic N) is 3. The lowest BCUT2D eigenvalue weighted by atomic mass is 10.0. The number of aromatic nitrogens is 2. The first-order valence-corrected chi connectivity index (χ1v) is 8.70. The number of anilines is 1. The van der Waals surface area contributed by atoms with E-state index in [2.05, 4.69) is 22.1 Å². The van der Waals surface area contributed by atoms with E-state index in [0.717, 1.165) is 5.56 Å². The third-order valence-electron chi connectivity index (χ3n) is 4.96. The highest BCUT2D eigenvalue weighted by atomic mass is 16.5. The van der Waals surface area contributed by atoms with Crippen LogP contribution in [-0.2, 0) is 4.74 Å². The molecule has 1 aliphatic carbocycles. The van der Waals surface area contributed by atoms with Gasteiger partial charge >= 0.3 is 0 Å². The molecule has 2 aromatic rings. The summed E-state index contributed by atoms with van der Waals surface area (Å²) in [5.41, 5.74) is 7.84. The molecular weight excluding hydrogens is 316 g/mol. The van der Waals surface area contributed by atoms with Crippen LogP contribution in [0.1, 0.15) is 40.6 Å². The number of nitrogen functional groups attached to an aromatic ring is 1. The summed E-state index contributed by atoms with van der Waals surface area (Å²) >= 11 is 0. The van der Waals surface area contributed by atoms with Crippen molar-refractivity contribution in [3.05, 3.63) is 53.3 Å². The van der Waals surface area contributed by atoms with Crippen molar-refractivity contribution in [1.29, 1.82) is 0 Å². The fourth-order valence-electron chi connectivity index (χ4n) is 3.40. The van der Waals surface area contributed by atoms with Crippen LogP contribution in [0.25, 0.3) is 0 Å². The molecule has 4 rings (SSSR count). The number of morpholine rings is 1. The second-order valence-corrected chi connectivity index (χ2v) is 6.85. The monoisotopic (exact) mass is 338 g/mol. The van der Waals surface area contributed by atoms with Gasteiger partial charge in [0.2, 0.25) is 5.95 Å². The molecule has 0 bridgehead atoms. The minimum absolute atomic E-state index is 0.0487.